The summed E-state index contributed by atoms with van der Waals surface area (Å²) in [5, 5.41) is 0.915. The lowest BCUT2D eigenvalue weighted by Gasteiger charge is -2.32. The zero-order chi connectivity index (χ0) is 14.1. The average Bonchev–Trinajstić information content (AvgIpc) is 3.07. The molecule has 20 heavy (non-hydrogen) atoms. The van der Waals surface area contributed by atoms with Crippen LogP contribution < -0.4 is 0 Å². The van der Waals surface area contributed by atoms with Gasteiger partial charge >= 0.3 is 0 Å². The number of carbonyl (C=O) groups is 2. The molecule has 108 valence electrons. The van der Waals surface area contributed by atoms with Gasteiger partial charge in [-0.3, -0.25) is 9.59 Å². The maximum absolute atomic E-state index is 12.6. The van der Waals surface area contributed by atoms with Crippen LogP contribution in [0.15, 0.2) is 6.20 Å². The maximum atomic E-state index is 12.6. The predicted molar refractivity (Wildman–Crippen MR) is 77.9 cm³/mol. The first kappa shape index (κ1) is 13.7. The van der Waals surface area contributed by atoms with Gasteiger partial charge in [-0.25, -0.2) is 4.98 Å². The van der Waals surface area contributed by atoms with Gasteiger partial charge in [0.1, 0.15) is 10.7 Å². The Hall–Kier alpha value is -1.23. The van der Waals surface area contributed by atoms with Crippen LogP contribution in [0.3, 0.4) is 0 Å². The van der Waals surface area contributed by atoms with E-state index in [1.54, 1.807) is 6.20 Å². The quantitative estimate of drug-likeness (QED) is 0.842. The molecule has 2 heterocycles. The lowest BCUT2D eigenvalue weighted by Crippen LogP contribution is -2.43. The summed E-state index contributed by atoms with van der Waals surface area (Å²) in [6.45, 7) is 2.69. The summed E-state index contributed by atoms with van der Waals surface area (Å²) in [6, 6.07) is 0.123. The molecule has 0 spiro atoms. The lowest BCUT2D eigenvalue weighted by atomic mass is 9.82. The largest absolute Gasteiger partial charge is 0.334 e. The number of rotatable bonds is 2. The molecule has 2 fully saturated rings. The van der Waals surface area contributed by atoms with E-state index >= 15 is 0 Å². The Morgan fingerprint density at radius 1 is 1.35 bits per heavy atom. The summed E-state index contributed by atoms with van der Waals surface area (Å²) < 4.78 is 0. The smallest absolute Gasteiger partial charge is 0.265 e. The van der Waals surface area contributed by atoms with Gasteiger partial charge < -0.3 is 4.90 Å². The fourth-order valence-electron chi connectivity index (χ4n) is 3.48. The molecule has 5 heteroatoms. The highest BCUT2D eigenvalue weighted by molar-refractivity contribution is 7.13. The second-order valence-electron chi connectivity index (χ2n) is 5.77. The zero-order valence-corrected chi connectivity index (χ0v) is 12.6. The molecular formula is C15H20N2O2S. The van der Waals surface area contributed by atoms with Crippen molar-refractivity contribution in [1.82, 2.24) is 9.88 Å². The van der Waals surface area contributed by atoms with E-state index in [0.717, 1.165) is 43.7 Å². The Morgan fingerprint density at radius 3 is 2.90 bits per heavy atom. The van der Waals surface area contributed by atoms with Crippen molar-refractivity contribution in [3.63, 3.8) is 0 Å². The van der Waals surface area contributed by atoms with Crippen LogP contribution in [0.2, 0.25) is 0 Å². The highest BCUT2D eigenvalue weighted by Gasteiger charge is 2.39. The number of thiazole rings is 1. The van der Waals surface area contributed by atoms with Crippen molar-refractivity contribution in [3.8, 4) is 0 Å². The van der Waals surface area contributed by atoms with Gasteiger partial charge in [-0.1, -0.05) is 6.42 Å². The lowest BCUT2D eigenvalue weighted by molar-refractivity contribution is -0.126. The van der Waals surface area contributed by atoms with Gasteiger partial charge in [0.05, 0.1) is 11.2 Å². The van der Waals surface area contributed by atoms with Crippen molar-refractivity contribution < 1.29 is 9.59 Å². The molecule has 1 aromatic rings. The minimum Gasteiger partial charge on any atom is -0.334 e. The summed E-state index contributed by atoms with van der Waals surface area (Å²) >= 11 is 1.44. The second kappa shape index (κ2) is 5.64. The number of Topliss-reactive ketones (excluding diaryl/α,β-unsaturated/α-hetero) is 1. The Kier molecular flexibility index (Phi) is 3.87. The molecule has 2 aliphatic rings. The van der Waals surface area contributed by atoms with Crippen LogP contribution in [0.1, 0.15) is 53.2 Å². The summed E-state index contributed by atoms with van der Waals surface area (Å²) in [5.74, 6) is 0.502. The van der Waals surface area contributed by atoms with E-state index in [4.69, 9.17) is 0 Å². The number of ketones is 1. The van der Waals surface area contributed by atoms with Crippen LogP contribution in [0.4, 0.5) is 0 Å². The van der Waals surface area contributed by atoms with E-state index in [2.05, 4.69) is 4.98 Å². The van der Waals surface area contributed by atoms with Crippen LogP contribution in [-0.2, 0) is 4.79 Å². The molecule has 0 radical (unpaired) electrons. The molecule has 0 bridgehead atoms. The number of hydrogen-bond acceptors (Lipinski definition) is 4. The molecule has 2 unspecified atom stereocenters. The van der Waals surface area contributed by atoms with Crippen LogP contribution in [0.5, 0.6) is 0 Å². The molecular weight excluding hydrogens is 272 g/mol. The Labute approximate surface area is 123 Å². The molecule has 4 nitrogen and oxygen atoms in total. The molecule has 1 amide bonds. The van der Waals surface area contributed by atoms with Crippen molar-refractivity contribution >= 4 is 23.0 Å². The number of aromatic nitrogens is 1. The molecule has 1 saturated carbocycles. The van der Waals surface area contributed by atoms with Crippen LogP contribution in [0, 0.1) is 12.8 Å². The van der Waals surface area contributed by atoms with Gasteiger partial charge in [0.25, 0.3) is 5.91 Å². The number of carbonyl (C=O) groups excluding carboxylic acids is 2. The van der Waals surface area contributed by atoms with Crippen molar-refractivity contribution in [2.45, 2.75) is 51.5 Å². The summed E-state index contributed by atoms with van der Waals surface area (Å²) in [5.41, 5.74) is 0. The van der Waals surface area contributed by atoms with E-state index in [-0.39, 0.29) is 17.9 Å². The Morgan fingerprint density at radius 2 is 2.20 bits per heavy atom. The van der Waals surface area contributed by atoms with Crippen molar-refractivity contribution in [3.05, 3.63) is 16.1 Å². The Bertz CT molecular complexity index is 526. The minimum atomic E-state index is 0.0662. The first-order valence-corrected chi connectivity index (χ1v) is 8.24. The summed E-state index contributed by atoms with van der Waals surface area (Å²) in [6.07, 6.45) is 7.44. The zero-order valence-electron chi connectivity index (χ0n) is 11.8. The number of nitrogens with zero attached hydrogens (tertiary/aromatic N) is 2. The van der Waals surface area contributed by atoms with E-state index in [0.29, 0.717) is 17.1 Å². The predicted octanol–water partition coefficient (Wildman–Crippen LogP) is 2.82. The van der Waals surface area contributed by atoms with E-state index in [1.807, 2.05) is 11.8 Å². The molecule has 0 N–H and O–H groups in total. The normalized spacial score (nSPS) is 27.1. The minimum absolute atomic E-state index is 0.0662. The van der Waals surface area contributed by atoms with Gasteiger partial charge in [0, 0.05) is 24.9 Å². The first-order chi connectivity index (χ1) is 9.66. The number of likely N-dealkylation sites (tertiary alicyclic amines) is 1. The summed E-state index contributed by atoms with van der Waals surface area (Å²) in [7, 11) is 0. The van der Waals surface area contributed by atoms with Crippen molar-refractivity contribution in [2.75, 3.05) is 6.54 Å². The molecule has 0 aromatic carbocycles. The molecule has 1 saturated heterocycles. The summed E-state index contributed by atoms with van der Waals surface area (Å²) in [4.78, 5) is 31.6. The van der Waals surface area contributed by atoms with Gasteiger partial charge in [-0.05, 0) is 32.6 Å². The standard InChI is InChI=1S/C15H20N2O2S/c1-10-16-9-14(20-10)15(19)17-8-4-6-12(17)11-5-2-3-7-13(11)18/h9,11-12H,2-8H2,1H3. The monoisotopic (exact) mass is 292 g/mol. The number of hydrogen-bond donors (Lipinski definition) is 0. The van der Waals surface area contributed by atoms with Crippen LogP contribution >= 0.6 is 11.3 Å². The van der Waals surface area contributed by atoms with Gasteiger partial charge in [-0.15, -0.1) is 11.3 Å². The molecule has 2 atom stereocenters. The third-order valence-electron chi connectivity index (χ3n) is 4.46. The third-order valence-corrected chi connectivity index (χ3v) is 5.36. The van der Waals surface area contributed by atoms with Gasteiger partial charge in [0.2, 0.25) is 0 Å². The molecule has 1 aliphatic heterocycles. The van der Waals surface area contributed by atoms with E-state index in [9.17, 15) is 9.59 Å². The first-order valence-electron chi connectivity index (χ1n) is 7.43. The molecule has 1 aromatic heterocycles. The highest BCUT2D eigenvalue weighted by Crippen LogP contribution is 2.33. The molecule has 1 aliphatic carbocycles. The molecule has 3 rings (SSSR count). The van der Waals surface area contributed by atoms with Crippen molar-refractivity contribution in [1.29, 1.82) is 0 Å². The highest BCUT2D eigenvalue weighted by atomic mass is 32.1. The van der Waals surface area contributed by atoms with Crippen molar-refractivity contribution in [2.24, 2.45) is 5.92 Å². The third kappa shape index (κ3) is 2.51. The SMILES string of the molecule is Cc1ncc(C(=O)N2CCCC2C2CCCCC2=O)s1. The Balaban J connectivity index is 1.78. The number of amides is 1. The van der Waals surface area contributed by atoms with Crippen LogP contribution in [-0.4, -0.2) is 34.2 Å². The topological polar surface area (TPSA) is 50.3 Å². The van der Waals surface area contributed by atoms with E-state index in [1.165, 1.54) is 11.3 Å². The van der Waals surface area contributed by atoms with Gasteiger partial charge in [0.15, 0.2) is 0 Å². The van der Waals surface area contributed by atoms with E-state index < -0.39 is 0 Å². The number of aryl methyl sites for hydroxylation is 1. The fraction of sp³-hybridized carbons (Fsp3) is 0.667. The maximum Gasteiger partial charge on any atom is 0.265 e. The van der Waals surface area contributed by atoms with Crippen LogP contribution in [0.25, 0.3) is 0 Å². The second-order valence-corrected chi connectivity index (χ2v) is 7.01. The fourth-order valence-corrected chi connectivity index (χ4v) is 4.22. The van der Waals surface area contributed by atoms with Gasteiger partial charge in [-0.2, -0.15) is 0 Å². The average molecular weight is 292 g/mol.